The van der Waals surface area contributed by atoms with Crippen molar-refractivity contribution in [2.75, 3.05) is 7.11 Å². The van der Waals surface area contributed by atoms with E-state index in [2.05, 4.69) is 26.0 Å². The maximum absolute atomic E-state index is 11.5. The topological polar surface area (TPSA) is 44.8 Å². The van der Waals surface area contributed by atoms with Gasteiger partial charge in [0.15, 0.2) is 0 Å². The smallest absolute Gasteiger partial charge is 0.302 e. The molecule has 0 aromatic heterocycles. The van der Waals surface area contributed by atoms with Crippen molar-refractivity contribution in [3.05, 3.63) is 41.0 Å². The van der Waals surface area contributed by atoms with Crippen LogP contribution in [0.1, 0.15) is 45.6 Å². The Morgan fingerprint density at radius 3 is 2.88 bits per heavy atom. The number of allylic oxidation sites excluding steroid dienone is 1. The second-order valence-electron chi connectivity index (χ2n) is 7.38. The highest BCUT2D eigenvalue weighted by Crippen LogP contribution is 2.57. The van der Waals surface area contributed by atoms with Gasteiger partial charge in [-0.1, -0.05) is 13.0 Å². The van der Waals surface area contributed by atoms with Crippen molar-refractivity contribution < 1.29 is 19.0 Å². The van der Waals surface area contributed by atoms with Gasteiger partial charge in [-0.25, -0.2) is 0 Å². The van der Waals surface area contributed by atoms with Gasteiger partial charge < -0.3 is 14.2 Å². The van der Waals surface area contributed by atoms with Crippen LogP contribution in [0.25, 0.3) is 5.57 Å². The summed E-state index contributed by atoms with van der Waals surface area (Å²) in [5.41, 5.74) is 4.98. The lowest BCUT2D eigenvalue weighted by molar-refractivity contribution is -0.150. The second kappa shape index (κ2) is 5.65. The first-order valence-corrected chi connectivity index (χ1v) is 8.90. The maximum atomic E-state index is 11.5. The molecule has 0 saturated heterocycles. The van der Waals surface area contributed by atoms with Gasteiger partial charge in [0.2, 0.25) is 0 Å². The minimum absolute atomic E-state index is 0.0171. The van der Waals surface area contributed by atoms with Gasteiger partial charge in [0, 0.05) is 30.4 Å². The van der Waals surface area contributed by atoms with Crippen LogP contribution in [0.15, 0.2) is 35.4 Å². The van der Waals surface area contributed by atoms with Crippen molar-refractivity contribution in [2.45, 2.75) is 52.2 Å². The summed E-state index contributed by atoms with van der Waals surface area (Å²) in [5, 5.41) is 0. The normalized spacial score (nSPS) is 29.8. The predicted octanol–water partition coefficient (Wildman–Crippen LogP) is 4.29. The first-order chi connectivity index (χ1) is 11.9. The quantitative estimate of drug-likeness (QED) is 0.753. The minimum atomic E-state index is -0.203. The van der Waals surface area contributed by atoms with Gasteiger partial charge in [-0.05, 0) is 48.6 Å². The van der Waals surface area contributed by atoms with E-state index in [4.69, 9.17) is 14.2 Å². The highest BCUT2D eigenvalue weighted by Gasteiger charge is 2.49. The molecule has 1 aromatic carbocycles. The lowest BCUT2D eigenvalue weighted by Gasteiger charge is -2.43. The molecular weight excluding hydrogens is 316 g/mol. The number of carbonyl (C=O) groups is 1. The van der Waals surface area contributed by atoms with Crippen LogP contribution in [0.4, 0.5) is 0 Å². The summed E-state index contributed by atoms with van der Waals surface area (Å²) in [7, 11) is 1.67. The molecule has 0 N–H and O–H groups in total. The largest absolute Gasteiger partial charge is 0.497 e. The standard InChI is InChI=1S/C21H24O4/c1-12-20-16(15-6-5-14(23-4)11-18(15)24-12)9-10-21(3)17(20)7-8-19(21)25-13(2)22/h5-7,11-12,19H,8-10H2,1-4H3/t12?,19-,21?/m1/s1. The third kappa shape index (κ3) is 2.38. The zero-order chi connectivity index (χ0) is 17.8. The molecule has 0 spiro atoms. The second-order valence-corrected chi connectivity index (χ2v) is 7.38. The summed E-state index contributed by atoms with van der Waals surface area (Å²) < 4.78 is 17.2. The first-order valence-electron chi connectivity index (χ1n) is 8.90. The summed E-state index contributed by atoms with van der Waals surface area (Å²) in [6, 6.07) is 6.05. The summed E-state index contributed by atoms with van der Waals surface area (Å²) in [6.45, 7) is 5.81. The average Bonchev–Trinajstić information content (AvgIpc) is 2.90. The molecule has 132 valence electrons. The zero-order valence-electron chi connectivity index (χ0n) is 15.2. The van der Waals surface area contributed by atoms with Gasteiger partial charge in [-0.15, -0.1) is 0 Å². The van der Waals surface area contributed by atoms with Gasteiger partial charge in [0.05, 0.1) is 7.11 Å². The van der Waals surface area contributed by atoms with Crippen molar-refractivity contribution in [1.29, 1.82) is 0 Å². The van der Waals surface area contributed by atoms with E-state index in [1.807, 2.05) is 12.1 Å². The van der Waals surface area contributed by atoms with E-state index < -0.39 is 0 Å². The zero-order valence-corrected chi connectivity index (χ0v) is 15.2. The van der Waals surface area contributed by atoms with Crippen LogP contribution >= 0.6 is 0 Å². The van der Waals surface area contributed by atoms with Crippen LogP contribution in [-0.2, 0) is 9.53 Å². The SMILES string of the molecule is COc1ccc2c(c1)OC(C)C1=C2CCC2(C)C1=CC[C@H]2OC(C)=O. The number of hydrogen-bond donors (Lipinski definition) is 0. The molecule has 1 aliphatic heterocycles. The molecule has 4 nitrogen and oxygen atoms in total. The number of carbonyl (C=O) groups excluding carboxylic acids is 1. The number of fused-ring (bicyclic) bond motifs is 4. The maximum Gasteiger partial charge on any atom is 0.302 e. The Labute approximate surface area is 148 Å². The van der Waals surface area contributed by atoms with E-state index in [1.54, 1.807) is 7.11 Å². The Morgan fingerprint density at radius 1 is 1.36 bits per heavy atom. The van der Waals surface area contributed by atoms with Crippen molar-refractivity contribution in [1.82, 2.24) is 0 Å². The van der Waals surface area contributed by atoms with Gasteiger partial charge in [0.1, 0.15) is 23.7 Å². The molecule has 3 aliphatic rings. The van der Waals surface area contributed by atoms with Crippen molar-refractivity contribution in [3.63, 3.8) is 0 Å². The molecule has 1 aromatic rings. The minimum Gasteiger partial charge on any atom is -0.497 e. The highest BCUT2D eigenvalue weighted by molar-refractivity contribution is 5.81. The predicted molar refractivity (Wildman–Crippen MR) is 95.6 cm³/mol. The van der Waals surface area contributed by atoms with Crippen LogP contribution in [-0.4, -0.2) is 25.3 Å². The van der Waals surface area contributed by atoms with Gasteiger partial charge >= 0.3 is 5.97 Å². The van der Waals surface area contributed by atoms with E-state index in [-0.39, 0.29) is 23.6 Å². The summed E-state index contributed by atoms with van der Waals surface area (Å²) in [5.74, 6) is 1.50. The third-order valence-electron chi connectivity index (χ3n) is 5.90. The van der Waals surface area contributed by atoms with Crippen LogP contribution < -0.4 is 9.47 Å². The Morgan fingerprint density at radius 2 is 2.16 bits per heavy atom. The Bertz CT molecular complexity index is 804. The van der Waals surface area contributed by atoms with Crippen LogP contribution in [0.2, 0.25) is 0 Å². The van der Waals surface area contributed by atoms with E-state index in [0.717, 1.165) is 36.3 Å². The van der Waals surface area contributed by atoms with E-state index >= 15 is 0 Å². The molecule has 0 fully saturated rings. The Kier molecular flexibility index (Phi) is 3.67. The molecule has 4 heteroatoms. The molecule has 0 amide bonds. The number of methoxy groups -OCH3 is 1. The van der Waals surface area contributed by atoms with Crippen LogP contribution in [0, 0.1) is 5.41 Å². The molecule has 1 heterocycles. The number of rotatable bonds is 2. The van der Waals surface area contributed by atoms with Crippen LogP contribution in [0.3, 0.4) is 0 Å². The summed E-state index contributed by atoms with van der Waals surface area (Å²) in [4.78, 5) is 11.5. The molecule has 4 rings (SSSR count). The lowest BCUT2D eigenvalue weighted by Crippen LogP contribution is -2.39. The van der Waals surface area contributed by atoms with Crippen molar-refractivity contribution in [3.8, 4) is 11.5 Å². The Hall–Kier alpha value is -2.23. The number of ether oxygens (including phenoxy) is 3. The number of benzene rings is 1. The monoisotopic (exact) mass is 340 g/mol. The summed E-state index contributed by atoms with van der Waals surface area (Å²) >= 11 is 0. The first kappa shape index (κ1) is 16.2. The van der Waals surface area contributed by atoms with Gasteiger partial charge in [-0.2, -0.15) is 0 Å². The number of esters is 1. The van der Waals surface area contributed by atoms with Gasteiger partial charge in [-0.3, -0.25) is 4.79 Å². The molecule has 0 saturated carbocycles. The molecule has 0 radical (unpaired) electrons. The van der Waals surface area contributed by atoms with E-state index in [0.29, 0.717) is 0 Å². The fourth-order valence-corrected chi connectivity index (χ4v) is 4.64. The number of hydrogen-bond acceptors (Lipinski definition) is 4. The molecule has 2 aliphatic carbocycles. The Balaban J connectivity index is 1.78. The molecule has 3 atom stereocenters. The molecule has 2 unspecified atom stereocenters. The fraction of sp³-hybridized carbons (Fsp3) is 0.476. The van der Waals surface area contributed by atoms with Crippen molar-refractivity contribution >= 4 is 11.5 Å². The molecular formula is C21H24O4. The molecule has 0 bridgehead atoms. The van der Waals surface area contributed by atoms with E-state index in [9.17, 15) is 4.79 Å². The summed E-state index contributed by atoms with van der Waals surface area (Å²) in [6.07, 6.45) is 4.89. The van der Waals surface area contributed by atoms with Crippen LogP contribution in [0.5, 0.6) is 11.5 Å². The van der Waals surface area contributed by atoms with E-state index in [1.165, 1.54) is 23.6 Å². The van der Waals surface area contributed by atoms with Gasteiger partial charge in [0.25, 0.3) is 0 Å². The molecule has 25 heavy (non-hydrogen) atoms. The average molecular weight is 340 g/mol. The third-order valence-corrected chi connectivity index (χ3v) is 5.90. The lowest BCUT2D eigenvalue weighted by atomic mass is 9.66. The fourth-order valence-electron chi connectivity index (χ4n) is 4.64. The van der Waals surface area contributed by atoms with Crippen molar-refractivity contribution in [2.24, 2.45) is 5.41 Å². The highest BCUT2D eigenvalue weighted by atomic mass is 16.5.